The molecule has 1 N–H and O–H groups in total. The van der Waals surface area contributed by atoms with E-state index in [2.05, 4.69) is 5.32 Å². The van der Waals surface area contributed by atoms with E-state index < -0.39 is 21.4 Å². The highest BCUT2D eigenvalue weighted by atomic mass is 32.2. The highest BCUT2D eigenvalue weighted by molar-refractivity contribution is 7.91. The average Bonchev–Trinajstić information content (AvgIpc) is 2.43. The number of carbonyl (C=O) groups excluding carboxylic acids is 2. The molecule has 2 amide bonds. The minimum absolute atomic E-state index is 0.0809. The van der Waals surface area contributed by atoms with Crippen molar-refractivity contribution in [3.05, 3.63) is 0 Å². The van der Waals surface area contributed by atoms with Crippen LogP contribution in [-0.2, 0) is 19.4 Å². The van der Waals surface area contributed by atoms with Gasteiger partial charge >= 0.3 is 0 Å². The quantitative estimate of drug-likeness (QED) is 0.749. The number of amides is 2. The van der Waals surface area contributed by atoms with Crippen LogP contribution in [0.5, 0.6) is 0 Å². The van der Waals surface area contributed by atoms with E-state index in [-0.39, 0.29) is 29.9 Å². The molecule has 1 aliphatic heterocycles. The number of hydrogen-bond donors (Lipinski definition) is 1. The van der Waals surface area contributed by atoms with Crippen molar-refractivity contribution in [2.24, 2.45) is 0 Å². The zero-order valence-electron chi connectivity index (χ0n) is 13.3. The van der Waals surface area contributed by atoms with Crippen LogP contribution in [0, 0.1) is 0 Å². The van der Waals surface area contributed by atoms with Crippen LogP contribution in [0.15, 0.2) is 0 Å². The van der Waals surface area contributed by atoms with E-state index in [1.54, 1.807) is 13.8 Å². The van der Waals surface area contributed by atoms with Crippen molar-refractivity contribution in [2.75, 3.05) is 18.1 Å². The Kier molecular flexibility index (Phi) is 5.78. The number of rotatable bonds is 7. The largest absolute Gasteiger partial charge is 0.340 e. The highest BCUT2D eigenvalue weighted by Gasteiger charge is 2.47. The lowest BCUT2D eigenvalue weighted by Crippen LogP contribution is -2.69. The second-order valence-corrected chi connectivity index (χ2v) is 7.91. The van der Waals surface area contributed by atoms with Crippen LogP contribution in [0.4, 0.5) is 0 Å². The van der Waals surface area contributed by atoms with Crippen molar-refractivity contribution < 1.29 is 18.0 Å². The number of carbonyl (C=O) groups is 2. The summed E-state index contributed by atoms with van der Waals surface area (Å²) in [5.74, 6) is -0.367. The molecule has 1 aliphatic rings. The summed E-state index contributed by atoms with van der Waals surface area (Å²) < 4.78 is 23.7. The molecule has 0 aromatic heterocycles. The Hall–Kier alpha value is -1.11. The summed E-state index contributed by atoms with van der Waals surface area (Å²) in [5, 5.41) is 2.80. The first-order valence-corrected chi connectivity index (χ1v) is 9.38. The van der Waals surface area contributed by atoms with Crippen LogP contribution in [-0.4, -0.2) is 54.8 Å². The van der Waals surface area contributed by atoms with Crippen molar-refractivity contribution in [1.82, 2.24) is 10.2 Å². The van der Waals surface area contributed by atoms with Gasteiger partial charge in [0.25, 0.3) is 0 Å². The number of nitrogens with one attached hydrogen (secondary N) is 1. The summed E-state index contributed by atoms with van der Waals surface area (Å²) in [6.45, 7) is 7.22. The Bertz CT molecular complexity index is 497. The molecule has 1 fully saturated rings. The monoisotopic (exact) mass is 318 g/mol. The van der Waals surface area contributed by atoms with Gasteiger partial charge in [0.2, 0.25) is 11.8 Å². The number of hydrogen-bond acceptors (Lipinski definition) is 4. The summed E-state index contributed by atoms with van der Waals surface area (Å²) in [6, 6.07) is -0.624. The standard InChI is InChI=1S/C14H26N2O4S/c1-5-9-21(19,20)10-8-16-11(4)12(17)15-14(6-2,7-3)13(16)18/h11H,5-10H2,1-4H3,(H,15,17). The molecule has 0 spiro atoms. The van der Waals surface area contributed by atoms with E-state index in [0.717, 1.165) is 0 Å². The van der Waals surface area contributed by atoms with Crippen molar-refractivity contribution in [2.45, 2.75) is 58.5 Å². The zero-order chi connectivity index (χ0) is 16.3. The molecular weight excluding hydrogens is 292 g/mol. The first kappa shape index (κ1) is 17.9. The molecule has 1 atom stereocenters. The molecule has 0 aliphatic carbocycles. The molecule has 0 bridgehead atoms. The molecule has 1 heterocycles. The van der Waals surface area contributed by atoms with Crippen LogP contribution in [0.1, 0.15) is 47.0 Å². The van der Waals surface area contributed by atoms with E-state index >= 15 is 0 Å². The molecule has 7 heteroatoms. The molecule has 1 saturated heterocycles. The summed E-state index contributed by atoms with van der Waals surface area (Å²) in [5.41, 5.74) is -0.891. The average molecular weight is 318 g/mol. The van der Waals surface area contributed by atoms with Gasteiger partial charge in [-0.2, -0.15) is 0 Å². The molecule has 0 saturated carbocycles. The first-order chi connectivity index (χ1) is 9.73. The summed E-state index contributed by atoms with van der Waals surface area (Å²) >= 11 is 0. The topological polar surface area (TPSA) is 83.6 Å². The predicted octanol–water partition coefficient (Wildman–Crippen LogP) is 0.717. The Morgan fingerprint density at radius 1 is 1.14 bits per heavy atom. The van der Waals surface area contributed by atoms with Gasteiger partial charge in [-0.05, 0) is 26.2 Å². The molecule has 122 valence electrons. The molecular formula is C14H26N2O4S. The lowest BCUT2D eigenvalue weighted by molar-refractivity contribution is -0.154. The van der Waals surface area contributed by atoms with E-state index in [0.29, 0.717) is 19.3 Å². The Morgan fingerprint density at radius 2 is 1.71 bits per heavy atom. The third-order valence-electron chi connectivity index (χ3n) is 4.25. The second kappa shape index (κ2) is 6.77. The van der Waals surface area contributed by atoms with Crippen molar-refractivity contribution in [3.8, 4) is 0 Å². The minimum Gasteiger partial charge on any atom is -0.340 e. The van der Waals surface area contributed by atoms with E-state index in [9.17, 15) is 18.0 Å². The maximum Gasteiger partial charge on any atom is 0.249 e. The number of nitrogens with zero attached hydrogens (tertiary/aromatic N) is 1. The molecule has 0 radical (unpaired) electrons. The first-order valence-electron chi connectivity index (χ1n) is 7.56. The van der Waals surface area contributed by atoms with Crippen molar-refractivity contribution in [1.29, 1.82) is 0 Å². The molecule has 0 aromatic carbocycles. The predicted molar refractivity (Wildman–Crippen MR) is 81.6 cm³/mol. The normalized spacial score (nSPS) is 22.3. The van der Waals surface area contributed by atoms with E-state index in [4.69, 9.17) is 0 Å². The summed E-state index contributed by atoms with van der Waals surface area (Å²) in [6.07, 6.45) is 1.55. The Balaban J connectivity index is 2.93. The molecule has 6 nitrogen and oxygen atoms in total. The Labute approximate surface area is 127 Å². The van der Waals surface area contributed by atoms with Crippen LogP contribution in [0.3, 0.4) is 0 Å². The Morgan fingerprint density at radius 3 is 2.19 bits per heavy atom. The minimum atomic E-state index is -3.17. The van der Waals surface area contributed by atoms with Gasteiger partial charge < -0.3 is 10.2 Å². The van der Waals surface area contributed by atoms with Crippen molar-refractivity contribution in [3.63, 3.8) is 0 Å². The summed E-state index contributed by atoms with van der Waals surface area (Å²) in [7, 11) is -3.17. The van der Waals surface area contributed by atoms with Gasteiger partial charge in [0, 0.05) is 12.3 Å². The zero-order valence-corrected chi connectivity index (χ0v) is 14.1. The van der Waals surface area contributed by atoms with Crippen LogP contribution in [0.2, 0.25) is 0 Å². The van der Waals surface area contributed by atoms with Gasteiger partial charge in [0.1, 0.15) is 11.6 Å². The fraction of sp³-hybridized carbons (Fsp3) is 0.857. The van der Waals surface area contributed by atoms with Gasteiger partial charge in [-0.25, -0.2) is 8.42 Å². The summed E-state index contributed by atoms with van der Waals surface area (Å²) in [4.78, 5) is 26.2. The van der Waals surface area contributed by atoms with E-state index in [1.807, 2.05) is 13.8 Å². The van der Waals surface area contributed by atoms with Gasteiger partial charge in [-0.3, -0.25) is 9.59 Å². The van der Waals surface area contributed by atoms with E-state index in [1.165, 1.54) is 4.90 Å². The maximum absolute atomic E-state index is 12.7. The van der Waals surface area contributed by atoms with Crippen LogP contribution < -0.4 is 5.32 Å². The lowest BCUT2D eigenvalue weighted by Gasteiger charge is -2.44. The van der Waals surface area contributed by atoms with Crippen molar-refractivity contribution >= 4 is 21.7 Å². The molecule has 0 aromatic rings. The van der Waals surface area contributed by atoms with Gasteiger partial charge in [-0.1, -0.05) is 20.8 Å². The SMILES string of the molecule is CCCS(=O)(=O)CCN1C(=O)C(CC)(CC)NC(=O)C1C. The molecule has 1 rings (SSSR count). The second-order valence-electron chi connectivity index (χ2n) is 5.60. The van der Waals surface area contributed by atoms with Gasteiger partial charge in [0.15, 0.2) is 9.84 Å². The number of piperazine rings is 1. The lowest BCUT2D eigenvalue weighted by atomic mass is 9.87. The fourth-order valence-electron chi connectivity index (χ4n) is 2.66. The maximum atomic E-state index is 12.7. The molecule has 1 unspecified atom stereocenters. The van der Waals surface area contributed by atoms with Crippen LogP contribution in [0.25, 0.3) is 0 Å². The fourth-order valence-corrected chi connectivity index (χ4v) is 3.96. The van der Waals surface area contributed by atoms with Gasteiger partial charge in [0.05, 0.1) is 5.75 Å². The third kappa shape index (κ3) is 3.75. The third-order valence-corrected chi connectivity index (χ3v) is 6.08. The van der Waals surface area contributed by atoms with Crippen LogP contribution >= 0.6 is 0 Å². The highest BCUT2D eigenvalue weighted by Crippen LogP contribution is 2.24. The molecule has 21 heavy (non-hydrogen) atoms. The number of sulfone groups is 1. The van der Waals surface area contributed by atoms with Gasteiger partial charge in [-0.15, -0.1) is 0 Å². The smallest absolute Gasteiger partial charge is 0.249 e.